The first-order chi connectivity index (χ1) is 6.58. The summed E-state index contributed by atoms with van der Waals surface area (Å²) < 4.78 is 5.63. The Morgan fingerprint density at radius 3 is 2.71 bits per heavy atom. The lowest BCUT2D eigenvalue weighted by atomic mass is 9.99. The van der Waals surface area contributed by atoms with Crippen LogP contribution in [0.3, 0.4) is 0 Å². The van der Waals surface area contributed by atoms with Crippen molar-refractivity contribution in [2.75, 3.05) is 19.8 Å². The molecule has 1 atom stereocenters. The Morgan fingerprint density at radius 2 is 2.14 bits per heavy atom. The van der Waals surface area contributed by atoms with E-state index in [1.165, 1.54) is 32.2 Å². The van der Waals surface area contributed by atoms with Gasteiger partial charge in [0.2, 0.25) is 0 Å². The molecule has 1 aliphatic heterocycles. The van der Waals surface area contributed by atoms with Crippen LogP contribution in [0.4, 0.5) is 0 Å². The molecule has 0 amide bonds. The van der Waals surface area contributed by atoms with Crippen molar-refractivity contribution in [2.24, 2.45) is 5.41 Å². The van der Waals surface area contributed by atoms with Crippen molar-refractivity contribution >= 4 is 0 Å². The Morgan fingerprint density at radius 1 is 1.36 bits per heavy atom. The lowest BCUT2D eigenvalue weighted by Crippen LogP contribution is -2.22. The van der Waals surface area contributed by atoms with Crippen LogP contribution in [0, 0.1) is 5.41 Å². The van der Waals surface area contributed by atoms with Crippen LogP contribution in [0.2, 0.25) is 0 Å². The zero-order valence-electron chi connectivity index (χ0n) is 9.94. The lowest BCUT2D eigenvalue weighted by molar-refractivity contribution is 0.0679. The summed E-state index contributed by atoms with van der Waals surface area (Å²) in [6, 6.07) is 0.772. The highest BCUT2D eigenvalue weighted by molar-refractivity contribution is 4.73. The van der Waals surface area contributed by atoms with Gasteiger partial charge in [-0.1, -0.05) is 20.8 Å². The molecule has 14 heavy (non-hydrogen) atoms. The van der Waals surface area contributed by atoms with Crippen molar-refractivity contribution in [3.05, 3.63) is 0 Å². The van der Waals surface area contributed by atoms with E-state index in [4.69, 9.17) is 4.74 Å². The maximum atomic E-state index is 5.63. The number of nitrogens with one attached hydrogen (secondary N) is 1. The summed E-state index contributed by atoms with van der Waals surface area (Å²) in [4.78, 5) is 0. The van der Waals surface area contributed by atoms with Crippen LogP contribution in [0.5, 0.6) is 0 Å². The van der Waals surface area contributed by atoms with E-state index in [1.807, 2.05) is 0 Å². The Hall–Kier alpha value is -0.0800. The average molecular weight is 199 g/mol. The molecule has 0 radical (unpaired) electrons. The monoisotopic (exact) mass is 199 g/mol. The second-order valence-electron chi connectivity index (χ2n) is 5.55. The van der Waals surface area contributed by atoms with Gasteiger partial charge < -0.3 is 10.1 Å². The fourth-order valence-corrected chi connectivity index (χ4v) is 1.81. The van der Waals surface area contributed by atoms with Crippen molar-refractivity contribution in [1.29, 1.82) is 0 Å². The molecule has 1 aliphatic rings. The molecular weight excluding hydrogens is 174 g/mol. The summed E-state index contributed by atoms with van der Waals surface area (Å²) >= 11 is 0. The van der Waals surface area contributed by atoms with Crippen LogP contribution in [0.1, 0.15) is 46.5 Å². The molecule has 0 aliphatic carbocycles. The fraction of sp³-hybridized carbons (Fsp3) is 1.00. The summed E-state index contributed by atoms with van der Waals surface area (Å²) in [5.41, 5.74) is 0.311. The van der Waals surface area contributed by atoms with E-state index in [-0.39, 0.29) is 0 Å². The first-order valence-corrected chi connectivity index (χ1v) is 5.89. The summed E-state index contributed by atoms with van der Waals surface area (Å²) in [6.07, 6.45) is 5.20. The van der Waals surface area contributed by atoms with Crippen LogP contribution in [-0.4, -0.2) is 25.8 Å². The molecule has 84 valence electrons. The smallest absolute Gasteiger partial charge is 0.0514 e. The van der Waals surface area contributed by atoms with Crippen LogP contribution < -0.4 is 5.32 Å². The Labute approximate surface area is 88.4 Å². The first-order valence-electron chi connectivity index (χ1n) is 5.89. The van der Waals surface area contributed by atoms with Gasteiger partial charge in [0.15, 0.2) is 0 Å². The zero-order chi connectivity index (χ0) is 10.4. The minimum absolute atomic E-state index is 0.311. The van der Waals surface area contributed by atoms with Crippen LogP contribution in [-0.2, 0) is 4.74 Å². The quantitative estimate of drug-likeness (QED) is 0.687. The van der Waals surface area contributed by atoms with Gasteiger partial charge in [-0.2, -0.15) is 0 Å². The molecule has 0 bridgehead atoms. The summed E-state index contributed by atoms with van der Waals surface area (Å²) in [5, 5.41) is 3.51. The predicted molar refractivity (Wildman–Crippen MR) is 60.5 cm³/mol. The van der Waals surface area contributed by atoms with Gasteiger partial charge in [-0.25, -0.2) is 0 Å². The van der Waals surface area contributed by atoms with E-state index in [0.717, 1.165) is 19.3 Å². The molecule has 2 nitrogen and oxygen atoms in total. The minimum Gasteiger partial charge on any atom is -0.381 e. The number of ether oxygens (including phenoxy) is 1. The minimum atomic E-state index is 0.311. The molecule has 1 N–H and O–H groups in total. The van der Waals surface area contributed by atoms with Crippen molar-refractivity contribution < 1.29 is 4.74 Å². The van der Waals surface area contributed by atoms with E-state index in [2.05, 4.69) is 26.1 Å². The van der Waals surface area contributed by atoms with E-state index in [0.29, 0.717) is 5.41 Å². The number of hydrogen-bond donors (Lipinski definition) is 1. The lowest BCUT2D eigenvalue weighted by Gasteiger charge is -2.18. The van der Waals surface area contributed by atoms with Crippen LogP contribution >= 0.6 is 0 Å². The third kappa shape index (κ3) is 5.61. The van der Waals surface area contributed by atoms with Gasteiger partial charge in [0.25, 0.3) is 0 Å². The van der Waals surface area contributed by atoms with Crippen LogP contribution in [0.15, 0.2) is 0 Å². The highest BCUT2D eigenvalue weighted by Crippen LogP contribution is 2.14. The molecule has 0 aromatic carbocycles. The summed E-state index contributed by atoms with van der Waals surface area (Å²) in [5.74, 6) is 0. The van der Waals surface area contributed by atoms with Gasteiger partial charge in [-0.3, -0.25) is 0 Å². The molecule has 1 rings (SSSR count). The highest BCUT2D eigenvalue weighted by atomic mass is 16.5. The van der Waals surface area contributed by atoms with Gasteiger partial charge in [0.05, 0.1) is 6.61 Å². The second-order valence-corrected chi connectivity index (χ2v) is 5.55. The highest BCUT2D eigenvalue weighted by Gasteiger charge is 2.13. The molecule has 0 spiro atoms. The third-order valence-electron chi connectivity index (χ3n) is 2.54. The molecule has 1 unspecified atom stereocenters. The number of rotatable bonds is 5. The Bertz CT molecular complexity index is 145. The number of hydrogen-bond acceptors (Lipinski definition) is 2. The molecule has 1 fully saturated rings. The van der Waals surface area contributed by atoms with Gasteiger partial charge in [-0.05, 0) is 37.6 Å². The van der Waals surface area contributed by atoms with E-state index in [9.17, 15) is 0 Å². The van der Waals surface area contributed by atoms with Gasteiger partial charge in [-0.15, -0.1) is 0 Å². The van der Waals surface area contributed by atoms with E-state index >= 15 is 0 Å². The second kappa shape index (κ2) is 5.72. The average Bonchev–Trinajstić information content (AvgIpc) is 2.54. The molecule has 0 aromatic rings. The predicted octanol–water partition coefficient (Wildman–Crippen LogP) is 2.58. The normalized spacial score (nSPS) is 22.9. The molecule has 1 heterocycles. The molecular formula is C12H25NO. The first kappa shape index (κ1) is 12.0. The third-order valence-corrected chi connectivity index (χ3v) is 2.54. The molecule has 0 saturated carbocycles. The Kier molecular flexibility index (Phi) is 4.90. The summed E-state index contributed by atoms with van der Waals surface area (Å²) in [6.45, 7) is 9.66. The van der Waals surface area contributed by atoms with Crippen molar-refractivity contribution in [3.8, 4) is 0 Å². The van der Waals surface area contributed by atoms with E-state index in [1.54, 1.807) is 0 Å². The topological polar surface area (TPSA) is 21.3 Å². The summed E-state index contributed by atoms with van der Waals surface area (Å²) in [7, 11) is 0. The van der Waals surface area contributed by atoms with Gasteiger partial charge in [0, 0.05) is 12.6 Å². The van der Waals surface area contributed by atoms with Gasteiger partial charge >= 0.3 is 0 Å². The SMILES string of the molecule is CC(C)(C)COCCCC1CCCN1. The van der Waals surface area contributed by atoms with Crippen molar-refractivity contribution in [3.63, 3.8) is 0 Å². The molecule has 1 saturated heterocycles. The van der Waals surface area contributed by atoms with Crippen LogP contribution in [0.25, 0.3) is 0 Å². The van der Waals surface area contributed by atoms with Gasteiger partial charge in [0.1, 0.15) is 0 Å². The molecule has 0 aromatic heterocycles. The maximum absolute atomic E-state index is 5.63. The zero-order valence-corrected chi connectivity index (χ0v) is 9.94. The maximum Gasteiger partial charge on any atom is 0.0514 e. The molecule has 2 heteroatoms. The Balaban J connectivity index is 1.89. The van der Waals surface area contributed by atoms with E-state index < -0.39 is 0 Å². The van der Waals surface area contributed by atoms with Crippen molar-refractivity contribution in [1.82, 2.24) is 5.32 Å². The fourth-order valence-electron chi connectivity index (χ4n) is 1.81. The standard InChI is InChI=1S/C12H25NO/c1-12(2,3)10-14-9-5-7-11-6-4-8-13-11/h11,13H,4-10H2,1-3H3. The van der Waals surface area contributed by atoms with Crippen molar-refractivity contribution in [2.45, 2.75) is 52.5 Å². The largest absolute Gasteiger partial charge is 0.381 e.